The molecule has 0 atom stereocenters. The Kier molecular flexibility index (Phi) is 8.31. The minimum atomic E-state index is 0.529. The van der Waals surface area contributed by atoms with Crippen molar-refractivity contribution in [2.45, 2.75) is 0 Å². The molecule has 0 radical (unpaired) electrons. The van der Waals surface area contributed by atoms with Crippen molar-refractivity contribution in [1.82, 2.24) is 34.5 Å². The van der Waals surface area contributed by atoms with Crippen molar-refractivity contribution in [2.24, 2.45) is 0 Å². The molecular formula is C54H34N8. The predicted molar refractivity (Wildman–Crippen MR) is 248 cm³/mol. The van der Waals surface area contributed by atoms with E-state index in [2.05, 4.69) is 88.3 Å². The van der Waals surface area contributed by atoms with Gasteiger partial charge in [-0.15, -0.1) is 0 Å². The zero-order chi connectivity index (χ0) is 41.0. The summed E-state index contributed by atoms with van der Waals surface area (Å²) in [6.45, 7) is 0. The average molecular weight is 795 g/mol. The lowest BCUT2D eigenvalue weighted by Crippen LogP contribution is -2.21. The molecule has 1 aliphatic rings. The molecule has 0 N–H and O–H groups in total. The van der Waals surface area contributed by atoms with Gasteiger partial charge in [0.2, 0.25) is 5.95 Å². The highest BCUT2D eigenvalue weighted by Crippen LogP contribution is 2.50. The molecule has 8 heteroatoms. The van der Waals surface area contributed by atoms with Crippen LogP contribution in [0.4, 0.5) is 17.3 Å². The van der Waals surface area contributed by atoms with Gasteiger partial charge < -0.3 is 4.57 Å². The Hall–Kier alpha value is -8.62. The predicted octanol–water partition coefficient (Wildman–Crippen LogP) is 12.9. The van der Waals surface area contributed by atoms with Crippen LogP contribution in [0.5, 0.6) is 0 Å². The zero-order valence-electron chi connectivity index (χ0n) is 33.2. The summed E-state index contributed by atoms with van der Waals surface area (Å²) in [5.41, 5.74) is 11.8. The Balaban J connectivity index is 1.10. The summed E-state index contributed by atoms with van der Waals surface area (Å²) in [7, 11) is 0. The van der Waals surface area contributed by atoms with E-state index in [-0.39, 0.29) is 0 Å². The van der Waals surface area contributed by atoms with Gasteiger partial charge in [-0.2, -0.15) is 9.97 Å². The first kappa shape index (κ1) is 35.3. The van der Waals surface area contributed by atoms with Gasteiger partial charge >= 0.3 is 0 Å². The van der Waals surface area contributed by atoms with Crippen molar-refractivity contribution in [1.29, 1.82) is 0 Å². The SMILES string of the molecule is c1ccc(-c2ccc3c(c2)N(c2nc(-c4ccccc4)nc(-c4ccccc4)n2)c2cccc4c5cc(-c6nc(-c7ccccc7)nc(-c7ccccc7)n6)ccc5n-3c24)cc1. The van der Waals surface area contributed by atoms with Crippen molar-refractivity contribution in [3.05, 3.63) is 206 Å². The van der Waals surface area contributed by atoms with Crippen molar-refractivity contribution in [3.8, 4) is 73.8 Å². The molecule has 1 aliphatic heterocycles. The van der Waals surface area contributed by atoms with Crippen molar-refractivity contribution in [3.63, 3.8) is 0 Å². The van der Waals surface area contributed by atoms with Crippen LogP contribution in [0.15, 0.2) is 206 Å². The molecule has 0 amide bonds. The topological polar surface area (TPSA) is 85.5 Å². The Morgan fingerprint density at radius 2 is 0.726 bits per heavy atom. The Morgan fingerprint density at radius 1 is 0.274 bits per heavy atom. The number of hydrogen-bond donors (Lipinski definition) is 0. The lowest BCUT2D eigenvalue weighted by molar-refractivity contribution is 1.00. The summed E-state index contributed by atoms with van der Waals surface area (Å²) in [6, 6.07) is 70.6. The van der Waals surface area contributed by atoms with E-state index in [1.807, 2.05) is 127 Å². The smallest absolute Gasteiger partial charge is 0.238 e. The fourth-order valence-corrected chi connectivity index (χ4v) is 8.50. The Labute approximate surface area is 357 Å². The van der Waals surface area contributed by atoms with Gasteiger partial charge in [-0.05, 0) is 47.5 Å². The number of aromatic nitrogens is 7. The third-order valence-electron chi connectivity index (χ3n) is 11.4. The van der Waals surface area contributed by atoms with E-state index in [4.69, 9.17) is 29.9 Å². The van der Waals surface area contributed by atoms with Crippen molar-refractivity contribution in [2.75, 3.05) is 4.90 Å². The maximum atomic E-state index is 5.26. The molecule has 11 aromatic rings. The second-order valence-electron chi connectivity index (χ2n) is 15.2. The third-order valence-corrected chi connectivity index (χ3v) is 11.4. The van der Waals surface area contributed by atoms with Crippen LogP contribution >= 0.6 is 0 Å². The molecule has 3 aromatic heterocycles. The molecule has 8 nitrogen and oxygen atoms in total. The van der Waals surface area contributed by atoms with Gasteiger partial charge in [0.05, 0.1) is 28.1 Å². The second-order valence-corrected chi connectivity index (χ2v) is 15.2. The van der Waals surface area contributed by atoms with E-state index >= 15 is 0 Å². The third kappa shape index (κ3) is 6.00. The largest absolute Gasteiger partial charge is 0.305 e. The summed E-state index contributed by atoms with van der Waals surface area (Å²) in [4.78, 5) is 32.9. The minimum absolute atomic E-state index is 0.529. The molecule has 0 aliphatic carbocycles. The second kappa shape index (κ2) is 14.6. The lowest BCUT2D eigenvalue weighted by Gasteiger charge is -2.32. The van der Waals surface area contributed by atoms with Crippen LogP contribution in [0.1, 0.15) is 0 Å². The number of anilines is 3. The van der Waals surface area contributed by atoms with Crippen LogP contribution in [-0.2, 0) is 0 Å². The summed E-state index contributed by atoms with van der Waals surface area (Å²) >= 11 is 0. The molecule has 8 aromatic carbocycles. The first-order valence-electron chi connectivity index (χ1n) is 20.5. The summed E-state index contributed by atoms with van der Waals surface area (Å²) < 4.78 is 2.37. The first-order valence-corrected chi connectivity index (χ1v) is 20.5. The molecule has 0 unspecified atom stereocenters. The number of benzene rings is 8. The van der Waals surface area contributed by atoms with Crippen molar-refractivity contribution >= 4 is 39.1 Å². The van der Waals surface area contributed by atoms with Crippen LogP contribution < -0.4 is 4.90 Å². The van der Waals surface area contributed by atoms with Gasteiger partial charge in [-0.1, -0.05) is 170 Å². The Morgan fingerprint density at radius 3 is 1.24 bits per heavy atom. The van der Waals surface area contributed by atoms with Crippen LogP contribution in [0, 0.1) is 0 Å². The van der Waals surface area contributed by atoms with Crippen LogP contribution in [0.2, 0.25) is 0 Å². The summed E-state index contributed by atoms with van der Waals surface area (Å²) in [6.07, 6.45) is 0. The molecule has 12 rings (SSSR count). The number of rotatable bonds is 7. The summed E-state index contributed by atoms with van der Waals surface area (Å²) in [5.74, 6) is 3.57. The van der Waals surface area contributed by atoms with E-state index < -0.39 is 0 Å². The van der Waals surface area contributed by atoms with Crippen LogP contribution in [0.25, 0.3) is 95.6 Å². The minimum Gasteiger partial charge on any atom is -0.305 e. The molecular weight excluding hydrogens is 761 g/mol. The molecule has 0 bridgehead atoms. The Bertz CT molecular complexity index is 3330. The highest BCUT2D eigenvalue weighted by atomic mass is 15.3. The molecule has 62 heavy (non-hydrogen) atoms. The highest BCUT2D eigenvalue weighted by Gasteiger charge is 2.31. The fourth-order valence-electron chi connectivity index (χ4n) is 8.50. The summed E-state index contributed by atoms with van der Waals surface area (Å²) in [5, 5.41) is 2.16. The first-order chi connectivity index (χ1) is 30.7. The average Bonchev–Trinajstić information content (AvgIpc) is 3.69. The zero-order valence-corrected chi connectivity index (χ0v) is 33.2. The molecule has 0 spiro atoms. The number of para-hydroxylation sites is 1. The number of fused-ring (bicyclic) bond motifs is 5. The monoisotopic (exact) mass is 794 g/mol. The molecule has 4 heterocycles. The van der Waals surface area contributed by atoms with Gasteiger partial charge in [0.1, 0.15) is 0 Å². The van der Waals surface area contributed by atoms with E-state index in [1.165, 1.54) is 0 Å². The number of nitrogens with zero attached hydrogens (tertiary/aromatic N) is 8. The van der Waals surface area contributed by atoms with E-state index in [9.17, 15) is 0 Å². The molecule has 0 saturated carbocycles. The quantitative estimate of drug-likeness (QED) is 0.159. The maximum absolute atomic E-state index is 5.26. The number of hydrogen-bond acceptors (Lipinski definition) is 7. The van der Waals surface area contributed by atoms with Gasteiger partial charge in [-0.25, -0.2) is 19.9 Å². The van der Waals surface area contributed by atoms with Gasteiger partial charge in [-0.3, -0.25) is 4.90 Å². The van der Waals surface area contributed by atoms with Gasteiger partial charge in [0, 0.05) is 38.6 Å². The highest BCUT2D eigenvalue weighted by molar-refractivity contribution is 6.17. The van der Waals surface area contributed by atoms with Crippen LogP contribution in [-0.4, -0.2) is 34.5 Å². The van der Waals surface area contributed by atoms with Crippen LogP contribution in [0.3, 0.4) is 0 Å². The lowest BCUT2D eigenvalue weighted by atomic mass is 10.0. The van der Waals surface area contributed by atoms with Crippen molar-refractivity contribution < 1.29 is 0 Å². The molecule has 0 fully saturated rings. The molecule has 290 valence electrons. The van der Waals surface area contributed by atoms with Gasteiger partial charge in [0.25, 0.3) is 0 Å². The maximum Gasteiger partial charge on any atom is 0.238 e. The van der Waals surface area contributed by atoms with E-state index in [0.29, 0.717) is 35.1 Å². The standard InChI is InChI=1S/C54H34N8/c1-6-17-35(18-7-1)40-29-32-45-47(34-40)62(54-59-51(38-23-12-4-13-24-38)58-52(60-54)39-25-14-5-15-26-39)46-28-16-27-42-43-33-41(30-31-44(43)61(45)48(42)46)53-56-49(36-19-8-2-9-20-36)55-50(57-53)37-21-10-3-11-22-37/h1-34H. The van der Waals surface area contributed by atoms with E-state index in [1.54, 1.807) is 0 Å². The fraction of sp³-hybridized carbons (Fsp3) is 0. The normalized spacial score (nSPS) is 11.8. The molecule has 0 saturated heterocycles. The van der Waals surface area contributed by atoms with E-state index in [0.717, 1.165) is 77.8 Å². The van der Waals surface area contributed by atoms with Gasteiger partial charge in [0.15, 0.2) is 29.1 Å².